The van der Waals surface area contributed by atoms with Crippen LogP contribution in [0.2, 0.25) is 0 Å². The molecule has 2 aromatic rings. The minimum Gasteiger partial charge on any atom is -0.497 e. The number of benzene rings is 1. The Hall–Kier alpha value is -2.67. The van der Waals surface area contributed by atoms with Gasteiger partial charge in [-0.3, -0.25) is 4.79 Å². The first-order chi connectivity index (χ1) is 12.1. The van der Waals surface area contributed by atoms with Crippen LogP contribution in [-0.2, 0) is 11.2 Å². The summed E-state index contributed by atoms with van der Waals surface area (Å²) in [6, 6.07) is 4.92. The molecule has 0 amide bonds. The number of aryl methyl sites for hydroxylation is 1. The largest absolute Gasteiger partial charge is 0.497 e. The molecule has 2 atom stereocenters. The number of allylic oxidation sites excluding steroid dienone is 1. The van der Waals surface area contributed by atoms with Crippen LogP contribution in [0.25, 0.3) is 11.0 Å². The van der Waals surface area contributed by atoms with Gasteiger partial charge < -0.3 is 19.9 Å². The van der Waals surface area contributed by atoms with E-state index in [1.807, 2.05) is 18.2 Å². The third-order valence-corrected chi connectivity index (χ3v) is 4.16. The van der Waals surface area contributed by atoms with Crippen molar-refractivity contribution >= 4 is 17.0 Å². The summed E-state index contributed by atoms with van der Waals surface area (Å²) in [7, 11) is 1.60. The maximum absolute atomic E-state index is 11.1. The fourth-order valence-corrected chi connectivity index (χ4v) is 2.82. The van der Waals surface area contributed by atoms with E-state index in [-0.39, 0.29) is 6.10 Å². The summed E-state index contributed by atoms with van der Waals surface area (Å²) >= 11 is 0. The molecular formula is C18H21N3O4. The van der Waals surface area contributed by atoms with Crippen molar-refractivity contribution in [2.75, 3.05) is 13.7 Å². The van der Waals surface area contributed by atoms with Crippen molar-refractivity contribution in [1.29, 1.82) is 0 Å². The van der Waals surface area contributed by atoms with Gasteiger partial charge in [0.2, 0.25) is 5.88 Å². The second-order valence-corrected chi connectivity index (χ2v) is 5.93. The van der Waals surface area contributed by atoms with Gasteiger partial charge in [-0.1, -0.05) is 6.08 Å². The number of ether oxygens (including phenoxy) is 2. The third-order valence-electron chi connectivity index (χ3n) is 4.16. The molecule has 1 aliphatic heterocycles. The van der Waals surface area contributed by atoms with E-state index in [1.165, 1.54) is 0 Å². The van der Waals surface area contributed by atoms with E-state index in [4.69, 9.17) is 14.6 Å². The molecule has 25 heavy (non-hydrogen) atoms. The second-order valence-electron chi connectivity index (χ2n) is 5.93. The fourth-order valence-electron chi connectivity index (χ4n) is 2.82. The van der Waals surface area contributed by atoms with Crippen LogP contribution in [0.5, 0.6) is 11.6 Å². The summed E-state index contributed by atoms with van der Waals surface area (Å²) in [5.74, 6) is 0.271. The maximum Gasteiger partial charge on any atom is 0.320 e. The minimum absolute atomic E-state index is 0.249. The first kappa shape index (κ1) is 17.2. The number of rotatable bonds is 7. The summed E-state index contributed by atoms with van der Waals surface area (Å²) in [4.78, 5) is 20.3. The molecule has 3 rings (SSSR count). The van der Waals surface area contributed by atoms with Crippen LogP contribution in [0, 0.1) is 0 Å². The summed E-state index contributed by atoms with van der Waals surface area (Å²) in [5, 5.41) is 12.0. The van der Waals surface area contributed by atoms with Crippen molar-refractivity contribution in [2.45, 2.75) is 31.4 Å². The van der Waals surface area contributed by atoms with Gasteiger partial charge in [0.05, 0.1) is 18.1 Å². The van der Waals surface area contributed by atoms with Gasteiger partial charge >= 0.3 is 5.97 Å². The van der Waals surface area contributed by atoms with Crippen molar-refractivity contribution in [3.63, 3.8) is 0 Å². The quantitative estimate of drug-likeness (QED) is 0.742. The SMILES string of the molecule is C=CCCc1nc2ccc(OC)cc2nc1O[C@H]1CN[C@H](C(=O)O)C1. The van der Waals surface area contributed by atoms with Crippen LogP contribution >= 0.6 is 0 Å². The Balaban J connectivity index is 1.90. The van der Waals surface area contributed by atoms with Gasteiger partial charge in [-0.05, 0) is 25.0 Å². The highest BCUT2D eigenvalue weighted by atomic mass is 16.5. The van der Waals surface area contributed by atoms with Gasteiger partial charge in [0.15, 0.2) is 0 Å². The van der Waals surface area contributed by atoms with E-state index in [2.05, 4.69) is 21.9 Å². The lowest BCUT2D eigenvalue weighted by atomic mass is 10.2. The summed E-state index contributed by atoms with van der Waals surface area (Å²) in [6.07, 6.45) is 3.39. The molecule has 132 valence electrons. The van der Waals surface area contributed by atoms with Crippen molar-refractivity contribution in [2.24, 2.45) is 0 Å². The Morgan fingerprint density at radius 3 is 2.96 bits per heavy atom. The van der Waals surface area contributed by atoms with Gasteiger partial charge in [-0.25, -0.2) is 9.97 Å². The fraction of sp³-hybridized carbons (Fsp3) is 0.389. The summed E-state index contributed by atoms with van der Waals surface area (Å²) in [6.45, 7) is 4.21. The molecule has 2 heterocycles. The van der Waals surface area contributed by atoms with E-state index < -0.39 is 12.0 Å². The maximum atomic E-state index is 11.1. The number of carboxylic acids is 1. The molecule has 0 spiro atoms. The van der Waals surface area contributed by atoms with Crippen molar-refractivity contribution in [1.82, 2.24) is 15.3 Å². The standard InChI is InChI=1S/C18H21N3O4/c1-3-4-5-14-17(25-12-9-16(18(22)23)19-10-12)21-15-8-11(24-2)6-7-13(15)20-14/h3,6-8,12,16,19H,1,4-5,9-10H2,2H3,(H,22,23)/t12-,16+/m1/s1. The van der Waals surface area contributed by atoms with Gasteiger partial charge in [-0.15, -0.1) is 6.58 Å². The molecule has 0 aliphatic carbocycles. The zero-order valence-electron chi connectivity index (χ0n) is 14.1. The normalized spacial score (nSPS) is 19.7. The van der Waals surface area contributed by atoms with Crippen LogP contribution in [-0.4, -0.2) is 46.8 Å². The number of nitrogens with one attached hydrogen (secondary N) is 1. The Morgan fingerprint density at radius 2 is 2.28 bits per heavy atom. The predicted molar refractivity (Wildman–Crippen MR) is 93.1 cm³/mol. The molecule has 0 bridgehead atoms. The highest BCUT2D eigenvalue weighted by Gasteiger charge is 2.31. The number of nitrogens with zero attached hydrogens (tertiary/aromatic N) is 2. The molecule has 1 aliphatic rings. The molecular weight excluding hydrogens is 322 g/mol. The number of carbonyl (C=O) groups is 1. The summed E-state index contributed by atoms with van der Waals surface area (Å²) in [5.41, 5.74) is 2.19. The van der Waals surface area contributed by atoms with E-state index in [0.717, 1.165) is 17.6 Å². The average Bonchev–Trinajstić information content (AvgIpc) is 3.08. The predicted octanol–water partition coefficient (Wildman–Crippen LogP) is 1.95. The van der Waals surface area contributed by atoms with Crippen LogP contribution in [0.15, 0.2) is 30.9 Å². The highest BCUT2D eigenvalue weighted by molar-refractivity contribution is 5.77. The molecule has 0 radical (unpaired) electrons. The Morgan fingerprint density at radius 1 is 1.44 bits per heavy atom. The molecule has 7 heteroatoms. The lowest BCUT2D eigenvalue weighted by Crippen LogP contribution is -2.30. The minimum atomic E-state index is -0.868. The lowest BCUT2D eigenvalue weighted by Gasteiger charge is -2.15. The highest BCUT2D eigenvalue weighted by Crippen LogP contribution is 2.25. The number of carboxylic acid groups (broad SMARTS) is 1. The number of fused-ring (bicyclic) bond motifs is 1. The topological polar surface area (TPSA) is 93.6 Å². The van der Waals surface area contributed by atoms with Crippen LogP contribution in [0.3, 0.4) is 0 Å². The van der Waals surface area contributed by atoms with Crippen LogP contribution < -0.4 is 14.8 Å². The molecule has 1 saturated heterocycles. The Kier molecular flexibility index (Phi) is 5.14. The van der Waals surface area contributed by atoms with Gasteiger partial charge in [-0.2, -0.15) is 0 Å². The first-order valence-corrected chi connectivity index (χ1v) is 8.19. The van der Waals surface area contributed by atoms with Crippen molar-refractivity contribution < 1.29 is 19.4 Å². The van der Waals surface area contributed by atoms with Gasteiger partial charge in [0.1, 0.15) is 23.6 Å². The Labute approximate surface area is 145 Å². The van der Waals surface area contributed by atoms with E-state index in [1.54, 1.807) is 13.2 Å². The molecule has 1 fully saturated rings. The van der Waals surface area contributed by atoms with Crippen molar-refractivity contribution in [3.05, 3.63) is 36.5 Å². The molecule has 0 unspecified atom stereocenters. The third kappa shape index (κ3) is 3.88. The monoisotopic (exact) mass is 343 g/mol. The Bertz CT molecular complexity index is 793. The van der Waals surface area contributed by atoms with E-state index in [0.29, 0.717) is 36.5 Å². The average molecular weight is 343 g/mol. The number of hydrogen-bond acceptors (Lipinski definition) is 6. The molecule has 0 saturated carbocycles. The van der Waals surface area contributed by atoms with E-state index in [9.17, 15) is 4.79 Å². The zero-order chi connectivity index (χ0) is 17.8. The number of hydrogen-bond donors (Lipinski definition) is 2. The first-order valence-electron chi connectivity index (χ1n) is 8.19. The van der Waals surface area contributed by atoms with Gasteiger partial charge in [0, 0.05) is 19.0 Å². The molecule has 7 nitrogen and oxygen atoms in total. The second kappa shape index (κ2) is 7.48. The van der Waals surface area contributed by atoms with Crippen LogP contribution in [0.4, 0.5) is 0 Å². The van der Waals surface area contributed by atoms with E-state index >= 15 is 0 Å². The summed E-state index contributed by atoms with van der Waals surface area (Å²) < 4.78 is 11.2. The number of methoxy groups -OCH3 is 1. The van der Waals surface area contributed by atoms with Crippen molar-refractivity contribution in [3.8, 4) is 11.6 Å². The molecule has 2 N–H and O–H groups in total. The number of aliphatic carboxylic acids is 1. The molecule has 1 aromatic heterocycles. The number of aromatic nitrogens is 2. The smallest absolute Gasteiger partial charge is 0.320 e. The molecule has 1 aromatic carbocycles. The van der Waals surface area contributed by atoms with Crippen LogP contribution in [0.1, 0.15) is 18.5 Å². The zero-order valence-corrected chi connectivity index (χ0v) is 14.1. The van der Waals surface area contributed by atoms with Gasteiger partial charge in [0.25, 0.3) is 0 Å². The lowest BCUT2D eigenvalue weighted by molar-refractivity contribution is -0.139.